The number of aromatic amines is 1. The summed E-state index contributed by atoms with van der Waals surface area (Å²) in [6.45, 7) is 2.62. The minimum atomic E-state index is -1.08. The first kappa shape index (κ1) is 16.4. The lowest BCUT2D eigenvalue weighted by Gasteiger charge is -2.24. The first-order valence-corrected chi connectivity index (χ1v) is 7.83. The van der Waals surface area contributed by atoms with Crippen LogP contribution in [0.4, 0.5) is 4.39 Å². The van der Waals surface area contributed by atoms with E-state index in [4.69, 9.17) is 0 Å². The van der Waals surface area contributed by atoms with Crippen molar-refractivity contribution in [3.05, 3.63) is 77.7 Å². The Bertz CT molecular complexity index is 782. The Morgan fingerprint density at radius 2 is 1.83 bits per heavy atom. The van der Waals surface area contributed by atoms with E-state index in [-0.39, 0.29) is 5.82 Å². The summed E-state index contributed by atoms with van der Waals surface area (Å²) in [6, 6.07) is 15.9. The van der Waals surface area contributed by atoms with E-state index in [1.807, 2.05) is 30.3 Å². The molecular weight excluding hydrogens is 305 g/mol. The average molecular weight is 325 g/mol. The van der Waals surface area contributed by atoms with Gasteiger partial charge < -0.3 is 10.4 Å². The first-order valence-electron chi connectivity index (χ1n) is 7.83. The predicted molar refractivity (Wildman–Crippen MR) is 91.7 cm³/mol. The quantitative estimate of drug-likeness (QED) is 0.652. The summed E-state index contributed by atoms with van der Waals surface area (Å²) in [5.41, 5.74) is 2.65. The maximum Gasteiger partial charge on any atom is 0.123 e. The molecule has 3 N–H and O–H groups in total. The maximum absolute atomic E-state index is 13.0. The van der Waals surface area contributed by atoms with Gasteiger partial charge in [-0.1, -0.05) is 42.5 Å². The van der Waals surface area contributed by atoms with Gasteiger partial charge >= 0.3 is 0 Å². The molecular formula is C19H20FN3O. The molecule has 24 heavy (non-hydrogen) atoms. The molecule has 0 spiro atoms. The summed E-state index contributed by atoms with van der Waals surface area (Å²) in [4.78, 5) is 0. The Kier molecular flexibility index (Phi) is 4.74. The van der Waals surface area contributed by atoms with Crippen LogP contribution in [0.3, 0.4) is 0 Å². The summed E-state index contributed by atoms with van der Waals surface area (Å²) < 4.78 is 13.0. The highest BCUT2D eigenvalue weighted by Gasteiger charge is 2.22. The van der Waals surface area contributed by atoms with E-state index in [0.717, 1.165) is 16.8 Å². The summed E-state index contributed by atoms with van der Waals surface area (Å²) >= 11 is 0. The minimum absolute atomic E-state index is 0.312. The van der Waals surface area contributed by atoms with Crippen LogP contribution in [0, 0.1) is 5.82 Å². The van der Waals surface area contributed by atoms with Gasteiger partial charge in [-0.05, 0) is 30.2 Å². The van der Waals surface area contributed by atoms with Gasteiger partial charge in [-0.3, -0.25) is 5.10 Å². The van der Waals surface area contributed by atoms with Gasteiger partial charge in [-0.25, -0.2) is 4.39 Å². The van der Waals surface area contributed by atoms with Gasteiger partial charge in [-0.15, -0.1) is 0 Å². The molecule has 0 fully saturated rings. The van der Waals surface area contributed by atoms with Crippen molar-refractivity contribution in [3.63, 3.8) is 0 Å². The second-order valence-corrected chi connectivity index (χ2v) is 6.02. The first-order chi connectivity index (χ1) is 11.6. The predicted octanol–water partition coefficient (Wildman–Crippen LogP) is 3.21. The molecule has 2 aromatic carbocycles. The van der Waals surface area contributed by atoms with Crippen molar-refractivity contribution in [1.29, 1.82) is 0 Å². The number of hydrogen-bond donors (Lipinski definition) is 3. The normalized spacial score (nSPS) is 13.6. The van der Waals surface area contributed by atoms with Crippen LogP contribution in [0.2, 0.25) is 0 Å². The second kappa shape index (κ2) is 6.95. The fourth-order valence-corrected chi connectivity index (χ4v) is 2.65. The highest BCUT2D eigenvalue weighted by Crippen LogP contribution is 2.22. The molecule has 1 aromatic heterocycles. The van der Waals surface area contributed by atoms with E-state index in [2.05, 4.69) is 15.5 Å². The highest BCUT2D eigenvalue weighted by atomic mass is 19.1. The van der Waals surface area contributed by atoms with Crippen LogP contribution in [0.1, 0.15) is 18.1 Å². The lowest BCUT2D eigenvalue weighted by Crippen LogP contribution is -2.35. The van der Waals surface area contributed by atoms with Crippen molar-refractivity contribution < 1.29 is 9.50 Å². The third-order valence-electron chi connectivity index (χ3n) is 4.03. The van der Waals surface area contributed by atoms with Crippen LogP contribution in [0.5, 0.6) is 0 Å². The molecule has 3 rings (SSSR count). The number of hydrogen-bond acceptors (Lipinski definition) is 3. The molecule has 3 aromatic rings. The Labute approximate surface area is 140 Å². The molecule has 0 bridgehead atoms. The fraction of sp³-hybridized carbons (Fsp3) is 0.211. The number of aliphatic hydroxyl groups is 1. The molecule has 5 heteroatoms. The Hall–Kier alpha value is -2.50. The number of nitrogens with zero attached hydrogens (tertiary/aromatic N) is 1. The Morgan fingerprint density at radius 1 is 1.12 bits per heavy atom. The van der Waals surface area contributed by atoms with Gasteiger partial charge in [-0.2, -0.15) is 5.10 Å². The van der Waals surface area contributed by atoms with Gasteiger partial charge in [0, 0.05) is 18.7 Å². The number of H-pyrrole nitrogens is 1. The van der Waals surface area contributed by atoms with E-state index in [1.165, 1.54) is 12.1 Å². The lowest BCUT2D eigenvalue weighted by atomic mass is 9.96. The van der Waals surface area contributed by atoms with Gasteiger partial charge in [0.05, 0.1) is 17.5 Å². The van der Waals surface area contributed by atoms with Gasteiger partial charge in [0.1, 0.15) is 5.82 Å². The summed E-state index contributed by atoms with van der Waals surface area (Å²) in [6.07, 6.45) is 1.78. The van der Waals surface area contributed by atoms with E-state index in [0.29, 0.717) is 18.7 Å². The SMILES string of the molecule is CC(O)(CNCc1cn[nH]c1-c1ccccc1)c1ccc(F)cc1. The van der Waals surface area contributed by atoms with Crippen molar-refractivity contribution in [2.45, 2.75) is 19.1 Å². The van der Waals surface area contributed by atoms with Gasteiger partial charge in [0.2, 0.25) is 0 Å². The van der Waals surface area contributed by atoms with Crippen molar-refractivity contribution in [2.24, 2.45) is 0 Å². The van der Waals surface area contributed by atoms with Crippen LogP contribution in [-0.2, 0) is 12.1 Å². The van der Waals surface area contributed by atoms with E-state index in [1.54, 1.807) is 25.3 Å². The number of benzene rings is 2. The van der Waals surface area contributed by atoms with Crippen LogP contribution in [0.25, 0.3) is 11.3 Å². The summed E-state index contributed by atoms with van der Waals surface area (Å²) in [5, 5.41) is 21.0. The molecule has 0 aliphatic carbocycles. The van der Waals surface area contributed by atoms with Crippen LogP contribution < -0.4 is 5.32 Å². The molecule has 1 heterocycles. The number of rotatable bonds is 6. The molecule has 0 aliphatic heterocycles. The molecule has 0 saturated carbocycles. The summed E-state index contributed by atoms with van der Waals surface area (Å²) in [7, 11) is 0. The zero-order valence-electron chi connectivity index (χ0n) is 13.5. The van der Waals surface area contributed by atoms with Crippen molar-refractivity contribution in [2.75, 3.05) is 6.54 Å². The fourth-order valence-electron chi connectivity index (χ4n) is 2.65. The lowest BCUT2D eigenvalue weighted by molar-refractivity contribution is 0.0566. The van der Waals surface area contributed by atoms with Gasteiger partial charge in [0.25, 0.3) is 0 Å². The van der Waals surface area contributed by atoms with Crippen molar-refractivity contribution >= 4 is 0 Å². The number of halogens is 1. The smallest absolute Gasteiger partial charge is 0.123 e. The second-order valence-electron chi connectivity index (χ2n) is 6.02. The largest absolute Gasteiger partial charge is 0.384 e. The van der Waals surface area contributed by atoms with Crippen LogP contribution in [-0.4, -0.2) is 21.8 Å². The van der Waals surface area contributed by atoms with Crippen LogP contribution >= 0.6 is 0 Å². The maximum atomic E-state index is 13.0. The average Bonchev–Trinajstić information content (AvgIpc) is 3.04. The molecule has 1 atom stereocenters. The Morgan fingerprint density at radius 3 is 2.54 bits per heavy atom. The minimum Gasteiger partial charge on any atom is -0.384 e. The highest BCUT2D eigenvalue weighted by molar-refractivity contribution is 5.62. The zero-order chi connectivity index (χ0) is 17.0. The van der Waals surface area contributed by atoms with E-state index in [9.17, 15) is 9.50 Å². The molecule has 124 valence electrons. The third kappa shape index (κ3) is 3.69. The van der Waals surface area contributed by atoms with Gasteiger partial charge in [0.15, 0.2) is 0 Å². The third-order valence-corrected chi connectivity index (χ3v) is 4.03. The van der Waals surface area contributed by atoms with Crippen LogP contribution in [0.15, 0.2) is 60.8 Å². The van der Waals surface area contributed by atoms with E-state index < -0.39 is 5.60 Å². The number of aromatic nitrogens is 2. The molecule has 1 unspecified atom stereocenters. The standard InChI is InChI=1S/C19H20FN3O/c1-19(24,16-7-9-17(20)10-8-16)13-21-11-15-12-22-23-18(15)14-5-3-2-4-6-14/h2-10,12,21,24H,11,13H2,1H3,(H,22,23). The monoisotopic (exact) mass is 325 g/mol. The molecule has 0 amide bonds. The van der Waals surface area contributed by atoms with Crippen molar-refractivity contribution in [3.8, 4) is 11.3 Å². The molecule has 4 nitrogen and oxygen atoms in total. The topological polar surface area (TPSA) is 60.9 Å². The molecule has 0 aliphatic rings. The summed E-state index contributed by atoms with van der Waals surface area (Å²) in [5.74, 6) is -0.312. The van der Waals surface area contributed by atoms with E-state index >= 15 is 0 Å². The van der Waals surface area contributed by atoms with Crippen molar-refractivity contribution in [1.82, 2.24) is 15.5 Å². The zero-order valence-corrected chi connectivity index (χ0v) is 13.5. The Balaban J connectivity index is 1.65. The number of nitrogens with one attached hydrogen (secondary N) is 2. The molecule has 0 radical (unpaired) electrons. The molecule has 0 saturated heterocycles.